The molecule has 0 aliphatic rings. The number of nitrogens with two attached hydrogens (primary N) is 2. The van der Waals surface area contributed by atoms with Gasteiger partial charge >= 0.3 is 5.97 Å². The number of methoxy groups -OCH3 is 1. The van der Waals surface area contributed by atoms with Crippen LogP contribution in [0.1, 0.15) is 79.2 Å². The number of aliphatic hydroxyl groups is 1. The van der Waals surface area contributed by atoms with Crippen LogP contribution >= 0.6 is 0 Å². The van der Waals surface area contributed by atoms with E-state index in [4.69, 9.17) is 16.2 Å². The van der Waals surface area contributed by atoms with Gasteiger partial charge in [-0.2, -0.15) is 0 Å². The van der Waals surface area contributed by atoms with Gasteiger partial charge in [-0.1, -0.05) is 58.0 Å². The Labute approximate surface area is 307 Å². The van der Waals surface area contributed by atoms with E-state index in [-0.39, 0.29) is 37.5 Å². The summed E-state index contributed by atoms with van der Waals surface area (Å²) in [6.07, 6.45) is -0.979. The van der Waals surface area contributed by atoms with E-state index in [9.17, 15) is 33.9 Å². The second kappa shape index (κ2) is 24.2. The van der Waals surface area contributed by atoms with Crippen molar-refractivity contribution < 1.29 is 38.6 Å². The van der Waals surface area contributed by atoms with E-state index < -0.39 is 78.0 Å². The van der Waals surface area contributed by atoms with Gasteiger partial charge in [-0.25, -0.2) is 4.79 Å². The maximum Gasteiger partial charge on any atom is 0.328 e. The lowest BCUT2D eigenvalue weighted by Crippen LogP contribution is -2.56. The molecule has 0 radical (unpaired) electrons. The minimum atomic E-state index is -1.83. The predicted molar refractivity (Wildman–Crippen MR) is 197 cm³/mol. The number of esters is 1. The number of nitrogens with one attached hydrogen (secondary N) is 6. The Kier molecular flexibility index (Phi) is 21.3. The fourth-order valence-electron chi connectivity index (χ4n) is 5.61. The van der Waals surface area contributed by atoms with Crippen molar-refractivity contribution in [3.8, 4) is 0 Å². The zero-order valence-electron chi connectivity index (χ0n) is 31.7. The highest BCUT2D eigenvalue weighted by Crippen LogP contribution is 2.18. The second-order valence-electron chi connectivity index (χ2n) is 14.0. The summed E-state index contributed by atoms with van der Waals surface area (Å²) in [7, 11) is 1.20. The van der Waals surface area contributed by atoms with Crippen molar-refractivity contribution in [1.82, 2.24) is 31.9 Å². The zero-order chi connectivity index (χ0) is 39.4. The number of hydrogen-bond donors (Lipinski definition) is 9. The molecule has 52 heavy (non-hydrogen) atoms. The van der Waals surface area contributed by atoms with E-state index >= 15 is 0 Å². The Balaban J connectivity index is 3.01. The minimum Gasteiger partial charge on any atom is -0.467 e. The van der Waals surface area contributed by atoms with Crippen molar-refractivity contribution >= 4 is 35.5 Å². The Morgan fingerprint density at radius 1 is 0.731 bits per heavy atom. The molecule has 16 nitrogen and oxygen atoms in total. The lowest BCUT2D eigenvalue weighted by Gasteiger charge is -2.28. The van der Waals surface area contributed by atoms with Gasteiger partial charge in [-0.05, 0) is 69.4 Å². The molecule has 1 aromatic carbocycles. The maximum atomic E-state index is 13.6. The third-order valence-corrected chi connectivity index (χ3v) is 8.13. The summed E-state index contributed by atoms with van der Waals surface area (Å²) < 4.78 is 4.85. The first-order valence-electron chi connectivity index (χ1n) is 17.9. The van der Waals surface area contributed by atoms with Crippen molar-refractivity contribution in [2.24, 2.45) is 29.2 Å². The largest absolute Gasteiger partial charge is 0.467 e. The van der Waals surface area contributed by atoms with Crippen LogP contribution in [-0.4, -0.2) is 97.4 Å². The average molecular weight is 735 g/mol. The van der Waals surface area contributed by atoms with Gasteiger partial charge in [0.15, 0.2) is 0 Å². The Bertz CT molecular complexity index is 1280. The van der Waals surface area contributed by atoms with E-state index in [2.05, 4.69) is 31.9 Å². The monoisotopic (exact) mass is 734 g/mol. The van der Waals surface area contributed by atoms with Crippen molar-refractivity contribution in [2.75, 3.05) is 20.2 Å². The molecule has 0 saturated carbocycles. The summed E-state index contributed by atoms with van der Waals surface area (Å²) in [5.41, 5.74) is 12.0. The van der Waals surface area contributed by atoms with Gasteiger partial charge in [-0.15, -0.1) is 0 Å². The van der Waals surface area contributed by atoms with Gasteiger partial charge in [0.1, 0.15) is 30.5 Å². The quantitative estimate of drug-likeness (QED) is 0.0373. The molecule has 6 atom stereocenters. The van der Waals surface area contributed by atoms with E-state index in [1.165, 1.54) is 14.0 Å². The van der Waals surface area contributed by atoms with Gasteiger partial charge in [0.05, 0.1) is 13.0 Å². The van der Waals surface area contributed by atoms with Crippen molar-refractivity contribution in [3.63, 3.8) is 0 Å². The third-order valence-electron chi connectivity index (χ3n) is 8.13. The van der Waals surface area contributed by atoms with Gasteiger partial charge in [0, 0.05) is 19.5 Å². The average Bonchev–Trinajstić information content (AvgIpc) is 3.06. The Morgan fingerprint density at radius 2 is 1.33 bits per heavy atom. The lowest BCUT2D eigenvalue weighted by molar-refractivity contribution is -0.146. The van der Waals surface area contributed by atoms with Crippen LogP contribution in [0.5, 0.6) is 0 Å². The van der Waals surface area contributed by atoms with E-state index in [1.807, 2.05) is 58.0 Å². The normalized spacial score (nSPS) is 14.8. The molecular formula is C36H62N8O8. The second-order valence-corrected chi connectivity index (χ2v) is 14.0. The molecule has 1 aromatic rings. The zero-order valence-corrected chi connectivity index (χ0v) is 31.7. The summed E-state index contributed by atoms with van der Waals surface area (Å²) in [5, 5.41) is 27.5. The molecule has 0 fully saturated rings. The SMILES string of the molecule is COC(=O)[C@H](CCCNC(N)N)NC(=O)[C@H](CC(C)C)NC(=O)[C@@H](O)[C@H](CC(C)C)C(=O)N[C@@H](C)C[C@H](NC(C)=O)C(=O)NCCc1ccccc1. The highest BCUT2D eigenvalue weighted by atomic mass is 16.5. The summed E-state index contributed by atoms with van der Waals surface area (Å²) in [5.74, 6) is -5.09. The summed E-state index contributed by atoms with van der Waals surface area (Å²) in [6, 6.07) is 5.86. The smallest absolute Gasteiger partial charge is 0.328 e. The maximum absolute atomic E-state index is 13.6. The Morgan fingerprint density at radius 3 is 1.88 bits per heavy atom. The summed E-state index contributed by atoms with van der Waals surface area (Å²) in [6.45, 7) is 11.0. The number of rotatable bonds is 24. The molecule has 0 saturated heterocycles. The first-order valence-corrected chi connectivity index (χ1v) is 17.9. The molecule has 11 N–H and O–H groups in total. The Hall–Kier alpha value is -4.12. The van der Waals surface area contributed by atoms with Gasteiger partial charge in [0.25, 0.3) is 0 Å². The molecule has 5 amide bonds. The highest BCUT2D eigenvalue weighted by Gasteiger charge is 2.36. The van der Waals surface area contributed by atoms with Gasteiger partial charge in [0.2, 0.25) is 29.5 Å². The third kappa shape index (κ3) is 18.4. The molecular weight excluding hydrogens is 672 g/mol. The standard InChI is InChI=1S/C36H62N8O8/c1-21(2)18-26(31(47)41-23(5)20-29(42-24(6)45)32(48)39-17-15-25-12-9-8-10-13-25)30(46)34(50)44-28(19-22(3)4)33(49)43-27(35(51)52-7)14-11-16-40-36(37)38/h8-10,12-13,21-23,26-30,36,40,46H,11,14-20,37-38H2,1-7H3,(H,39,48)(H,41,47)(H,42,45)(H,43,49)(H,44,50)/t23-,26-,27-,28-,29-,30-/m0/s1. The number of ether oxygens (including phenoxy) is 1. The first-order chi connectivity index (χ1) is 24.4. The highest BCUT2D eigenvalue weighted by molar-refractivity contribution is 5.94. The number of benzene rings is 1. The van der Waals surface area contributed by atoms with Crippen LogP contribution in [-0.2, 0) is 39.9 Å². The van der Waals surface area contributed by atoms with Crippen molar-refractivity contribution in [2.45, 2.75) is 117 Å². The fraction of sp³-hybridized carbons (Fsp3) is 0.667. The first kappa shape index (κ1) is 45.9. The van der Waals surface area contributed by atoms with Crippen LogP contribution in [0, 0.1) is 17.8 Å². The topological polar surface area (TPSA) is 256 Å². The van der Waals surface area contributed by atoms with Crippen molar-refractivity contribution in [3.05, 3.63) is 35.9 Å². The van der Waals surface area contributed by atoms with Crippen LogP contribution in [0.15, 0.2) is 30.3 Å². The number of aliphatic hydroxyl groups excluding tert-OH is 1. The molecule has 0 aliphatic heterocycles. The van der Waals surface area contributed by atoms with Crippen LogP contribution in [0.2, 0.25) is 0 Å². The van der Waals surface area contributed by atoms with Crippen LogP contribution in [0.4, 0.5) is 0 Å². The number of carbonyl (C=O) groups excluding carboxylic acids is 6. The number of amides is 5. The molecule has 0 bridgehead atoms. The molecule has 0 unspecified atom stereocenters. The van der Waals surface area contributed by atoms with E-state index in [1.54, 1.807) is 6.92 Å². The van der Waals surface area contributed by atoms with Crippen LogP contribution in [0.3, 0.4) is 0 Å². The van der Waals surface area contributed by atoms with Gasteiger partial charge in [-0.3, -0.25) is 29.3 Å². The molecule has 0 aliphatic carbocycles. The lowest BCUT2D eigenvalue weighted by atomic mass is 9.90. The fourth-order valence-corrected chi connectivity index (χ4v) is 5.61. The molecule has 294 valence electrons. The van der Waals surface area contributed by atoms with E-state index in [0.29, 0.717) is 25.9 Å². The molecule has 1 rings (SSSR count). The summed E-state index contributed by atoms with van der Waals surface area (Å²) in [4.78, 5) is 77.8. The summed E-state index contributed by atoms with van der Waals surface area (Å²) >= 11 is 0. The minimum absolute atomic E-state index is 0.0479. The van der Waals surface area contributed by atoms with Crippen molar-refractivity contribution in [1.29, 1.82) is 0 Å². The molecule has 0 spiro atoms. The number of carbonyl (C=O) groups is 6. The molecule has 16 heteroatoms. The van der Waals surface area contributed by atoms with Crippen LogP contribution < -0.4 is 43.4 Å². The number of hydrogen-bond acceptors (Lipinski definition) is 11. The predicted octanol–water partition coefficient (Wildman–Crippen LogP) is -0.472. The van der Waals surface area contributed by atoms with Gasteiger partial charge < -0.3 is 47.9 Å². The van der Waals surface area contributed by atoms with E-state index in [0.717, 1.165) is 5.56 Å². The van der Waals surface area contributed by atoms with Crippen LogP contribution in [0.25, 0.3) is 0 Å². The molecule has 0 heterocycles. The molecule has 0 aromatic heterocycles.